The number of aryl methyl sites for hydroxylation is 2. The fourth-order valence-corrected chi connectivity index (χ4v) is 3.46. The minimum Gasteiger partial charge on any atom is -0.466 e. The van der Waals surface area contributed by atoms with Gasteiger partial charge in [-0.1, -0.05) is 23.8 Å². The predicted molar refractivity (Wildman–Crippen MR) is 129 cm³/mol. The maximum atomic E-state index is 13.3. The molecule has 9 nitrogen and oxygen atoms in total. The first-order valence-corrected chi connectivity index (χ1v) is 11.6. The van der Waals surface area contributed by atoms with Crippen molar-refractivity contribution in [2.24, 2.45) is 0 Å². The van der Waals surface area contributed by atoms with Crippen molar-refractivity contribution in [3.05, 3.63) is 34.9 Å². The summed E-state index contributed by atoms with van der Waals surface area (Å²) in [7, 11) is 0. The van der Waals surface area contributed by atoms with Crippen molar-refractivity contribution in [2.45, 2.75) is 79.5 Å². The minimum absolute atomic E-state index is 0.0237. The molecule has 9 heteroatoms. The van der Waals surface area contributed by atoms with Crippen LogP contribution < -0.4 is 10.6 Å². The predicted octanol–water partition coefficient (Wildman–Crippen LogP) is 3.18. The van der Waals surface area contributed by atoms with Gasteiger partial charge < -0.3 is 25.0 Å². The molecule has 2 unspecified atom stereocenters. The normalized spacial score (nSPS) is 12.8. The van der Waals surface area contributed by atoms with Crippen molar-refractivity contribution in [1.82, 2.24) is 15.5 Å². The van der Waals surface area contributed by atoms with Gasteiger partial charge in [0, 0.05) is 13.1 Å². The highest BCUT2D eigenvalue weighted by molar-refractivity contribution is 5.92. The maximum Gasteiger partial charge on any atom is 0.408 e. The van der Waals surface area contributed by atoms with Crippen LogP contribution in [0.2, 0.25) is 0 Å². The molecule has 0 bridgehead atoms. The smallest absolute Gasteiger partial charge is 0.408 e. The van der Waals surface area contributed by atoms with Gasteiger partial charge >= 0.3 is 12.1 Å². The molecular weight excluding hydrogens is 438 g/mol. The van der Waals surface area contributed by atoms with E-state index in [4.69, 9.17) is 9.47 Å². The van der Waals surface area contributed by atoms with Crippen LogP contribution in [0.1, 0.15) is 70.7 Å². The summed E-state index contributed by atoms with van der Waals surface area (Å²) in [5.41, 5.74) is 1.83. The monoisotopic (exact) mass is 477 g/mol. The molecule has 1 rings (SSSR count). The van der Waals surface area contributed by atoms with E-state index in [9.17, 15) is 19.2 Å². The van der Waals surface area contributed by atoms with Crippen molar-refractivity contribution in [2.75, 3.05) is 19.7 Å². The average Bonchev–Trinajstić information content (AvgIpc) is 2.70. The molecule has 0 saturated carbocycles. The number of carbonyl (C=O) groups is 4. The summed E-state index contributed by atoms with van der Waals surface area (Å²) in [6.45, 7) is 14.6. The Balaban J connectivity index is 3.16. The Morgan fingerprint density at radius 3 is 2.26 bits per heavy atom. The third-order valence-corrected chi connectivity index (χ3v) is 4.94. The second-order valence-electron chi connectivity index (χ2n) is 9.10. The van der Waals surface area contributed by atoms with Gasteiger partial charge in [-0.05, 0) is 66.5 Å². The van der Waals surface area contributed by atoms with E-state index >= 15 is 0 Å². The number of hydrogen-bond acceptors (Lipinski definition) is 6. The number of nitrogens with zero attached hydrogens (tertiary/aromatic N) is 1. The number of ether oxygens (including phenoxy) is 2. The van der Waals surface area contributed by atoms with Crippen molar-refractivity contribution in [1.29, 1.82) is 0 Å². The molecule has 1 aromatic rings. The van der Waals surface area contributed by atoms with Crippen LogP contribution in [-0.4, -0.2) is 60.1 Å². The second kappa shape index (κ2) is 13.0. The lowest BCUT2D eigenvalue weighted by atomic mass is 9.96. The van der Waals surface area contributed by atoms with Gasteiger partial charge in [0.15, 0.2) is 0 Å². The first-order chi connectivity index (χ1) is 15.8. The Morgan fingerprint density at radius 1 is 1.09 bits per heavy atom. The van der Waals surface area contributed by atoms with Crippen LogP contribution in [-0.2, 0) is 23.9 Å². The molecule has 0 aliphatic rings. The van der Waals surface area contributed by atoms with E-state index in [2.05, 4.69) is 10.6 Å². The third kappa shape index (κ3) is 9.03. The summed E-state index contributed by atoms with van der Waals surface area (Å²) in [5, 5.41) is 5.29. The number of carbonyl (C=O) groups excluding carboxylic acids is 4. The summed E-state index contributed by atoms with van der Waals surface area (Å²) in [6.07, 6.45) is -0.693. The van der Waals surface area contributed by atoms with Crippen LogP contribution in [0.3, 0.4) is 0 Å². The topological polar surface area (TPSA) is 114 Å². The van der Waals surface area contributed by atoms with Gasteiger partial charge in [0.1, 0.15) is 17.7 Å². The van der Waals surface area contributed by atoms with E-state index in [0.29, 0.717) is 5.56 Å². The van der Waals surface area contributed by atoms with Crippen molar-refractivity contribution in [3.8, 4) is 0 Å². The maximum absolute atomic E-state index is 13.3. The Hall–Kier alpha value is -3.10. The summed E-state index contributed by atoms with van der Waals surface area (Å²) in [6, 6.07) is 3.78. The number of benzene rings is 1. The van der Waals surface area contributed by atoms with E-state index in [1.54, 1.807) is 41.5 Å². The minimum atomic E-state index is -0.941. The van der Waals surface area contributed by atoms with Gasteiger partial charge in [0.25, 0.3) is 0 Å². The van der Waals surface area contributed by atoms with Crippen molar-refractivity contribution >= 4 is 23.9 Å². The molecule has 0 aliphatic carbocycles. The summed E-state index contributed by atoms with van der Waals surface area (Å²) in [5.74, 6) is -1.26. The number of nitrogens with one attached hydrogen (secondary N) is 2. The highest BCUT2D eigenvalue weighted by atomic mass is 16.6. The molecule has 0 radical (unpaired) electrons. The molecule has 0 heterocycles. The Morgan fingerprint density at radius 2 is 1.74 bits per heavy atom. The highest BCUT2D eigenvalue weighted by Crippen LogP contribution is 2.26. The van der Waals surface area contributed by atoms with Crippen LogP contribution in [0.15, 0.2) is 18.2 Å². The Labute approximate surface area is 202 Å². The van der Waals surface area contributed by atoms with Crippen LogP contribution in [0.5, 0.6) is 0 Å². The number of alkyl carbamates (subject to hydrolysis) is 1. The molecule has 2 atom stereocenters. The number of rotatable bonds is 10. The van der Waals surface area contributed by atoms with Gasteiger partial charge in [0.2, 0.25) is 11.8 Å². The number of likely N-dealkylation sites (N-methyl/N-ethyl adjacent to an activating group) is 1. The molecule has 34 heavy (non-hydrogen) atoms. The van der Waals surface area contributed by atoms with E-state index in [1.807, 2.05) is 32.0 Å². The Bertz CT molecular complexity index is 878. The van der Waals surface area contributed by atoms with Crippen LogP contribution in [0.25, 0.3) is 0 Å². The van der Waals surface area contributed by atoms with Crippen LogP contribution in [0.4, 0.5) is 4.79 Å². The first-order valence-electron chi connectivity index (χ1n) is 11.6. The average molecular weight is 478 g/mol. The van der Waals surface area contributed by atoms with Gasteiger partial charge in [-0.15, -0.1) is 0 Å². The lowest BCUT2D eigenvalue weighted by Gasteiger charge is -2.33. The first kappa shape index (κ1) is 28.9. The van der Waals surface area contributed by atoms with E-state index < -0.39 is 41.6 Å². The van der Waals surface area contributed by atoms with Crippen LogP contribution >= 0.6 is 0 Å². The van der Waals surface area contributed by atoms with Gasteiger partial charge in [-0.25, -0.2) is 4.79 Å². The molecule has 0 spiro atoms. The highest BCUT2D eigenvalue weighted by Gasteiger charge is 2.34. The SMILES string of the molecule is CCOC(=O)CCNC(=O)C(c1ccc(C)cc1C)N(CC)C(=O)C(C)NC(=O)OC(C)(C)C. The van der Waals surface area contributed by atoms with Crippen LogP contribution in [0, 0.1) is 13.8 Å². The molecular formula is C25H39N3O6. The van der Waals surface area contributed by atoms with E-state index in [0.717, 1.165) is 11.1 Å². The molecule has 2 N–H and O–H groups in total. The molecule has 190 valence electrons. The van der Waals surface area contributed by atoms with Crippen molar-refractivity contribution in [3.63, 3.8) is 0 Å². The molecule has 0 aromatic heterocycles. The second-order valence-corrected chi connectivity index (χ2v) is 9.10. The summed E-state index contributed by atoms with van der Waals surface area (Å²) < 4.78 is 10.2. The van der Waals surface area contributed by atoms with Crippen molar-refractivity contribution < 1.29 is 28.7 Å². The standard InChI is InChI=1S/C25H39N3O6/c1-9-28(23(31)18(5)27-24(32)34-25(6,7)8)21(19-12-11-16(3)15-17(19)4)22(30)26-14-13-20(29)33-10-2/h11-12,15,18,21H,9-10,13-14H2,1-8H3,(H,26,30)(H,27,32). The number of hydrogen-bond donors (Lipinski definition) is 2. The molecule has 3 amide bonds. The number of esters is 1. The Kier molecular flexibility index (Phi) is 11.0. The zero-order valence-electron chi connectivity index (χ0n) is 21.6. The fourth-order valence-electron chi connectivity index (χ4n) is 3.46. The quantitative estimate of drug-likeness (QED) is 0.501. The van der Waals surface area contributed by atoms with Gasteiger partial charge in [-0.3, -0.25) is 14.4 Å². The largest absolute Gasteiger partial charge is 0.466 e. The molecule has 0 saturated heterocycles. The summed E-state index contributed by atoms with van der Waals surface area (Å²) in [4.78, 5) is 51.9. The third-order valence-electron chi connectivity index (χ3n) is 4.94. The lowest BCUT2D eigenvalue weighted by molar-refractivity contribution is -0.144. The number of amides is 3. The van der Waals surface area contributed by atoms with E-state index in [1.165, 1.54) is 4.90 Å². The fraction of sp³-hybridized carbons (Fsp3) is 0.600. The van der Waals surface area contributed by atoms with Gasteiger partial charge in [0.05, 0.1) is 13.0 Å². The molecule has 1 aromatic carbocycles. The zero-order valence-corrected chi connectivity index (χ0v) is 21.6. The van der Waals surface area contributed by atoms with E-state index in [-0.39, 0.29) is 26.1 Å². The molecule has 0 aliphatic heterocycles. The lowest BCUT2D eigenvalue weighted by Crippen LogP contribution is -2.52. The molecule has 0 fully saturated rings. The zero-order chi connectivity index (χ0) is 26.1. The summed E-state index contributed by atoms with van der Waals surface area (Å²) >= 11 is 0. The van der Waals surface area contributed by atoms with Gasteiger partial charge in [-0.2, -0.15) is 0 Å².